The third kappa shape index (κ3) is 2.00. The first-order valence-corrected chi connectivity index (χ1v) is 5.65. The lowest BCUT2D eigenvalue weighted by molar-refractivity contribution is 0.0244. The van der Waals surface area contributed by atoms with E-state index < -0.39 is 12.2 Å². The van der Waals surface area contributed by atoms with Gasteiger partial charge in [-0.05, 0) is 17.7 Å². The molecule has 0 saturated heterocycles. The molecule has 16 heavy (non-hydrogen) atoms. The molecule has 1 aromatic heterocycles. The zero-order valence-corrected chi connectivity index (χ0v) is 9.31. The van der Waals surface area contributed by atoms with E-state index in [9.17, 15) is 10.2 Å². The molecule has 2 rings (SSSR count). The van der Waals surface area contributed by atoms with Crippen LogP contribution in [-0.4, -0.2) is 27.8 Å². The summed E-state index contributed by atoms with van der Waals surface area (Å²) in [5.41, 5.74) is 12.2. The summed E-state index contributed by atoms with van der Waals surface area (Å²) < 4.78 is 0.954. The summed E-state index contributed by atoms with van der Waals surface area (Å²) in [7, 11) is 0. The van der Waals surface area contributed by atoms with Crippen LogP contribution < -0.4 is 11.5 Å². The number of nitrogens with zero attached hydrogens (tertiary/aromatic N) is 1. The molecule has 0 bridgehead atoms. The summed E-state index contributed by atoms with van der Waals surface area (Å²) in [5, 5.41) is 19.7. The Kier molecular flexibility index (Phi) is 3.06. The van der Waals surface area contributed by atoms with E-state index in [4.69, 9.17) is 11.5 Å². The minimum atomic E-state index is -0.989. The van der Waals surface area contributed by atoms with E-state index in [0.717, 1.165) is 10.2 Å². The van der Waals surface area contributed by atoms with Crippen LogP contribution in [0.25, 0.3) is 10.2 Å². The van der Waals surface area contributed by atoms with Gasteiger partial charge in [0.2, 0.25) is 0 Å². The highest BCUT2D eigenvalue weighted by Gasteiger charge is 2.17. The van der Waals surface area contributed by atoms with Crippen molar-refractivity contribution >= 4 is 26.7 Å². The van der Waals surface area contributed by atoms with E-state index in [0.29, 0.717) is 10.7 Å². The second kappa shape index (κ2) is 4.34. The van der Waals surface area contributed by atoms with Crippen LogP contribution in [0.3, 0.4) is 0 Å². The van der Waals surface area contributed by atoms with Crippen LogP contribution >= 0.6 is 11.3 Å². The molecule has 0 fully saturated rings. The number of benzene rings is 1. The van der Waals surface area contributed by atoms with Crippen LogP contribution in [0.2, 0.25) is 0 Å². The van der Waals surface area contributed by atoms with Gasteiger partial charge < -0.3 is 21.7 Å². The summed E-state index contributed by atoms with van der Waals surface area (Å²) >= 11 is 1.38. The Morgan fingerprint density at radius 3 is 2.81 bits per heavy atom. The average Bonchev–Trinajstić information content (AvgIpc) is 2.65. The summed E-state index contributed by atoms with van der Waals surface area (Å²) in [5.74, 6) is 0. The lowest BCUT2D eigenvalue weighted by atomic mass is 10.0. The Balaban J connectivity index is 2.38. The number of anilines is 1. The number of hydrogen-bond donors (Lipinski definition) is 4. The molecule has 1 heterocycles. The van der Waals surface area contributed by atoms with Crippen LogP contribution in [0, 0.1) is 0 Å². The number of nitrogens with two attached hydrogens (primary N) is 2. The number of aliphatic hydroxyl groups excluding tert-OH is 2. The lowest BCUT2D eigenvalue weighted by Crippen LogP contribution is -2.27. The van der Waals surface area contributed by atoms with Gasteiger partial charge in [-0.25, -0.2) is 4.98 Å². The normalized spacial score (nSPS) is 15.2. The van der Waals surface area contributed by atoms with Crippen molar-refractivity contribution < 1.29 is 10.2 Å². The van der Waals surface area contributed by atoms with Crippen molar-refractivity contribution in [3.05, 3.63) is 23.8 Å². The van der Waals surface area contributed by atoms with E-state index in [2.05, 4.69) is 4.98 Å². The van der Waals surface area contributed by atoms with Crippen LogP contribution in [0.15, 0.2) is 18.2 Å². The van der Waals surface area contributed by atoms with Gasteiger partial charge in [-0.3, -0.25) is 0 Å². The second-order valence-electron chi connectivity index (χ2n) is 3.53. The number of rotatable bonds is 3. The van der Waals surface area contributed by atoms with Crippen LogP contribution in [0.4, 0.5) is 5.13 Å². The molecule has 0 amide bonds. The minimum Gasteiger partial charge on any atom is -0.389 e. The standard InChI is InChI=1S/C10H13N3O2S/c11-4-7(14)9(15)5-1-2-8-6(3-5)13-10(12)16-8/h1-3,7,9,14-15H,4,11H2,(H2,12,13). The van der Waals surface area contributed by atoms with E-state index in [1.165, 1.54) is 11.3 Å². The molecule has 0 aliphatic heterocycles. The summed E-state index contributed by atoms with van der Waals surface area (Å²) in [6, 6.07) is 5.28. The highest BCUT2D eigenvalue weighted by atomic mass is 32.1. The fourth-order valence-corrected chi connectivity index (χ4v) is 2.21. The van der Waals surface area contributed by atoms with Gasteiger partial charge in [0, 0.05) is 6.54 Å². The summed E-state index contributed by atoms with van der Waals surface area (Å²) in [6.07, 6.45) is -1.95. The summed E-state index contributed by atoms with van der Waals surface area (Å²) in [4.78, 5) is 4.11. The maximum Gasteiger partial charge on any atom is 0.181 e. The first kappa shape index (κ1) is 11.3. The van der Waals surface area contributed by atoms with Crippen LogP contribution in [0.1, 0.15) is 11.7 Å². The van der Waals surface area contributed by atoms with Gasteiger partial charge >= 0.3 is 0 Å². The third-order valence-corrected chi connectivity index (χ3v) is 3.24. The third-order valence-electron chi connectivity index (χ3n) is 2.38. The van der Waals surface area contributed by atoms with Gasteiger partial charge in [0.1, 0.15) is 6.10 Å². The van der Waals surface area contributed by atoms with E-state index >= 15 is 0 Å². The molecule has 2 aromatic rings. The molecule has 6 heteroatoms. The molecule has 0 radical (unpaired) electrons. The molecule has 1 aromatic carbocycles. The van der Waals surface area contributed by atoms with E-state index in [1.54, 1.807) is 12.1 Å². The van der Waals surface area contributed by atoms with Gasteiger partial charge in [-0.2, -0.15) is 0 Å². The topological polar surface area (TPSA) is 105 Å². The van der Waals surface area contributed by atoms with Gasteiger partial charge in [0.25, 0.3) is 0 Å². The van der Waals surface area contributed by atoms with Crippen molar-refractivity contribution in [3.8, 4) is 0 Å². The number of thiazole rings is 1. The highest BCUT2D eigenvalue weighted by molar-refractivity contribution is 7.22. The highest BCUT2D eigenvalue weighted by Crippen LogP contribution is 2.27. The molecule has 0 spiro atoms. The number of hydrogen-bond acceptors (Lipinski definition) is 6. The lowest BCUT2D eigenvalue weighted by Gasteiger charge is -2.15. The molecule has 0 aliphatic carbocycles. The van der Waals surface area contributed by atoms with Gasteiger partial charge in [-0.15, -0.1) is 0 Å². The van der Waals surface area contributed by atoms with Crippen molar-refractivity contribution in [3.63, 3.8) is 0 Å². The van der Waals surface area contributed by atoms with Crippen LogP contribution in [0.5, 0.6) is 0 Å². The first-order chi connectivity index (χ1) is 7.61. The van der Waals surface area contributed by atoms with Gasteiger partial charge in [0.15, 0.2) is 5.13 Å². The maximum atomic E-state index is 9.77. The summed E-state index contributed by atoms with van der Waals surface area (Å²) in [6.45, 7) is 0.0123. The van der Waals surface area contributed by atoms with Crippen molar-refractivity contribution in [1.82, 2.24) is 4.98 Å². The molecule has 2 unspecified atom stereocenters. The molecule has 5 nitrogen and oxygen atoms in total. The number of aliphatic hydroxyl groups is 2. The second-order valence-corrected chi connectivity index (χ2v) is 4.59. The van der Waals surface area contributed by atoms with Crippen LogP contribution in [-0.2, 0) is 0 Å². The maximum absolute atomic E-state index is 9.77. The molecule has 0 saturated carbocycles. The Morgan fingerprint density at radius 2 is 2.12 bits per heavy atom. The molecule has 86 valence electrons. The van der Waals surface area contributed by atoms with Gasteiger partial charge in [-0.1, -0.05) is 17.4 Å². The number of nitrogen functional groups attached to an aromatic ring is 1. The molecule has 0 aliphatic rings. The Labute approximate surface area is 96.3 Å². The molecular formula is C10H13N3O2S. The predicted octanol–water partition coefficient (Wildman–Crippen LogP) is 0.232. The minimum absolute atomic E-state index is 0.0123. The Bertz CT molecular complexity index is 500. The first-order valence-electron chi connectivity index (χ1n) is 4.84. The van der Waals surface area contributed by atoms with Crippen molar-refractivity contribution in [2.75, 3.05) is 12.3 Å². The van der Waals surface area contributed by atoms with Crippen molar-refractivity contribution in [2.24, 2.45) is 5.73 Å². The van der Waals surface area contributed by atoms with E-state index in [1.807, 2.05) is 6.07 Å². The van der Waals surface area contributed by atoms with Crippen molar-refractivity contribution in [1.29, 1.82) is 0 Å². The molecular weight excluding hydrogens is 226 g/mol. The zero-order valence-electron chi connectivity index (χ0n) is 8.50. The molecule has 2 atom stereocenters. The Hall–Kier alpha value is -1.21. The predicted molar refractivity (Wildman–Crippen MR) is 64.1 cm³/mol. The zero-order chi connectivity index (χ0) is 11.7. The Morgan fingerprint density at radius 1 is 1.38 bits per heavy atom. The smallest absolute Gasteiger partial charge is 0.181 e. The number of aromatic nitrogens is 1. The molecule has 6 N–H and O–H groups in total. The fourth-order valence-electron chi connectivity index (χ4n) is 1.50. The van der Waals surface area contributed by atoms with E-state index in [-0.39, 0.29) is 6.54 Å². The largest absolute Gasteiger partial charge is 0.389 e. The fraction of sp³-hybridized carbons (Fsp3) is 0.300. The number of fused-ring (bicyclic) bond motifs is 1. The SMILES string of the molecule is NCC(O)C(O)c1ccc2sc(N)nc2c1. The quantitative estimate of drug-likeness (QED) is 0.613. The van der Waals surface area contributed by atoms with Crippen molar-refractivity contribution in [2.45, 2.75) is 12.2 Å². The monoisotopic (exact) mass is 239 g/mol. The average molecular weight is 239 g/mol. The van der Waals surface area contributed by atoms with Gasteiger partial charge in [0.05, 0.1) is 16.3 Å².